The van der Waals surface area contributed by atoms with E-state index < -0.39 is 0 Å². The van der Waals surface area contributed by atoms with Gasteiger partial charge in [-0.25, -0.2) is 9.97 Å². The second-order valence-corrected chi connectivity index (χ2v) is 16.6. The predicted octanol–water partition coefficient (Wildman–Crippen LogP) is 13.7. The van der Waals surface area contributed by atoms with Crippen LogP contribution in [0.15, 0.2) is 146 Å². The summed E-state index contributed by atoms with van der Waals surface area (Å²) in [6.07, 6.45) is 0. The third kappa shape index (κ3) is 3.27. The van der Waals surface area contributed by atoms with Gasteiger partial charge in [0.1, 0.15) is 0 Å². The summed E-state index contributed by atoms with van der Waals surface area (Å²) in [5, 5.41) is 13.8. The van der Waals surface area contributed by atoms with Crippen molar-refractivity contribution in [2.75, 3.05) is 0 Å². The largest absolute Gasteiger partial charge is 0.308 e. The molecular formula is C48H24N4S2. The molecule has 4 nitrogen and oxygen atoms in total. The summed E-state index contributed by atoms with van der Waals surface area (Å²) >= 11 is 3.68. The van der Waals surface area contributed by atoms with E-state index in [9.17, 15) is 0 Å². The summed E-state index contributed by atoms with van der Waals surface area (Å²) in [6, 6.07) is 53.4. The molecule has 0 spiro atoms. The summed E-state index contributed by atoms with van der Waals surface area (Å²) in [5.41, 5.74) is 9.07. The van der Waals surface area contributed by atoms with E-state index in [1.807, 2.05) is 11.3 Å². The molecule has 6 aromatic heterocycles. The van der Waals surface area contributed by atoms with Crippen LogP contribution in [0.4, 0.5) is 0 Å². The summed E-state index contributed by atoms with van der Waals surface area (Å²) in [6.45, 7) is 0. The van der Waals surface area contributed by atoms with Crippen molar-refractivity contribution in [2.45, 2.75) is 0 Å². The van der Waals surface area contributed by atoms with Crippen molar-refractivity contribution in [1.82, 2.24) is 18.9 Å². The van der Waals surface area contributed by atoms with Crippen LogP contribution in [0.1, 0.15) is 0 Å². The molecule has 54 heavy (non-hydrogen) atoms. The summed E-state index contributed by atoms with van der Waals surface area (Å²) in [5.74, 6) is 0.692. The van der Waals surface area contributed by atoms with E-state index in [4.69, 9.17) is 9.97 Å². The lowest BCUT2D eigenvalue weighted by Gasteiger charge is -2.13. The monoisotopic (exact) mass is 720 g/mol. The van der Waals surface area contributed by atoms with E-state index in [0.29, 0.717) is 5.95 Å². The van der Waals surface area contributed by atoms with E-state index in [0.717, 1.165) is 37.9 Å². The molecule has 0 aliphatic rings. The highest BCUT2D eigenvalue weighted by atomic mass is 32.1. The van der Waals surface area contributed by atoms with Gasteiger partial charge in [-0.2, -0.15) is 0 Å². The Morgan fingerprint density at radius 1 is 0.426 bits per heavy atom. The highest BCUT2D eigenvalue weighted by Gasteiger charge is 2.27. The first-order valence-electron chi connectivity index (χ1n) is 18.3. The van der Waals surface area contributed by atoms with Crippen LogP contribution in [-0.2, 0) is 0 Å². The van der Waals surface area contributed by atoms with Gasteiger partial charge in [0.15, 0.2) is 0 Å². The molecule has 0 aliphatic carbocycles. The number of thiophene rings is 2. The van der Waals surface area contributed by atoms with Crippen molar-refractivity contribution >= 4 is 134 Å². The SMILES string of the molecule is c1ccc2c(c1)cc(-c1nc(-n3c4ccc5sc6ccc7c8ccccc8n8c9cccc3c9c4c5c6c78)nc3c1sc1ccccc13)c1ccccc12. The molecule has 6 heteroatoms. The molecule has 14 aromatic rings. The van der Waals surface area contributed by atoms with E-state index in [2.05, 4.69) is 155 Å². The van der Waals surface area contributed by atoms with E-state index in [1.54, 1.807) is 11.3 Å². The molecule has 0 saturated carbocycles. The highest BCUT2D eigenvalue weighted by molar-refractivity contribution is 7.26. The molecule has 0 aliphatic heterocycles. The second kappa shape index (κ2) is 9.68. The van der Waals surface area contributed by atoms with Gasteiger partial charge in [0.25, 0.3) is 0 Å². The number of para-hydroxylation sites is 1. The number of aromatic nitrogens is 4. The first-order valence-corrected chi connectivity index (χ1v) is 19.9. The Balaban J connectivity index is 1.20. The molecule has 0 bridgehead atoms. The minimum Gasteiger partial charge on any atom is -0.308 e. The number of benzene rings is 8. The van der Waals surface area contributed by atoms with Gasteiger partial charge in [0, 0.05) is 57.4 Å². The average molecular weight is 721 g/mol. The first kappa shape index (κ1) is 28.0. The Hall–Kier alpha value is -6.60. The second-order valence-electron chi connectivity index (χ2n) is 14.5. The fourth-order valence-electron chi connectivity index (χ4n) is 9.69. The zero-order valence-corrected chi connectivity index (χ0v) is 30.1. The van der Waals surface area contributed by atoms with Crippen molar-refractivity contribution in [1.29, 1.82) is 0 Å². The van der Waals surface area contributed by atoms with Crippen LogP contribution >= 0.6 is 22.7 Å². The lowest BCUT2D eigenvalue weighted by atomic mass is 9.95. The zero-order valence-electron chi connectivity index (χ0n) is 28.5. The molecular weight excluding hydrogens is 697 g/mol. The van der Waals surface area contributed by atoms with Crippen molar-refractivity contribution in [2.24, 2.45) is 0 Å². The standard InChI is InChI=1S/C48H24N4S2/c1-2-11-26-25(10-1)24-32(28-13-4-3-12-27(26)28)45-47-44(31-15-6-8-19-37(31)54-47)49-48(50-45)52-35-18-9-17-34-40(35)41-36(52)21-23-38-42(41)43-39(53-38)22-20-30-29-14-5-7-16-33(29)51(34)46(30)43/h1-24H. The first-order chi connectivity index (χ1) is 26.8. The zero-order chi connectivity index (χ0) is 34.8. The molecule has 0 amide bonds. The predicted molar refractivity (Wildman–Crippen MR) is 231 cm³/mol. The normalized spacial score (nSPS) is 12.8. The third-order valence-electron chi connectivity index (χ3n) is 11.8. The summed E-state index contributed by atoms with van der Waals surface area (Å²) in [7, 11) is 0. The van der Waals surface area contributed by atoms with Gasteiger partial charge in [0.2, 0.25) is 5.95 Å². The number of hydrogen-bond donors (Lipinski definition) is 0. The molecule has 0 saturated heterocycles. The minimum atomic E-state index is 0.692. The van der Waals surface area contributed by atoms with Crippen molar-refractivity contribution in [3.8, 4) is 17.2 Å². The molecule has 6 heterocycles. The highest BCUT2D eigenvalue weighted by Crippen LogP contribution is 2.50. The number of hydrogen-bond acceptors (Lipinski definition) is 4. The van der Waals surface area contributed by atoms with Crippen LogP contribution in [-0.4, -0.2) is 18.9 Å². The maximum Gasteiger partial charge on any atom is 0.235 e. The lowest BCUT2D eigenvalue weighted by Crippen LogP contribution is -2.03. The van der Waals surface area contributed by atoms with E-state index >= 15 is 0 Å². The lowest BCUT2D eigenvalue weighted by molar-refractivity contribution is 1.02. The van der Waals surface area contributed by atoms with Crippen LogP contribution in [0.25, 0.3) is 128 Å². The number of fused-ring (bicyclic) bond motifs is 10. The van der Waals surface area contributed by atoms with Gasteiger partial charge < -0.3 is 4.40 Å². The van der Waals surface area contributed by atoms with Gasteiger partial charge in [-0.15, -0.1) is 22.7 Å². The van der Waals surface area contributed by atoms with Crippen LogP contribution < -0.4 is 0 Å². The quantitative estimate of drug-likeness (QED) is 0.167. The third-order valence-corrected chi connectivity index (χ3v) is 14.1. The molecule has 0 fully saturated rings. The molecule has 248 valence electrons. The molecule has 0 atom stereocenters. The molecule has 14 rings (SSSR count). The van der Waals surface area contributed by atoms with Gasteiger partial charge >= 0.3 is 0 Å². The number of nitrogens with zero attached hydrogens (tertiary/aromatic N) is 4. The van der Waals surface area contributed by atoms with Crippen LogP contribution in [0.3, 0.4) is 0 Å². The van der Waals surface area contributed by atoms with Crippen LogP contribution in [0, 0.1) is 0 Å². The Morgan fingerprint density at radius 3 is 2.06 bits per heavy atom. The van der Waals surface area contributed by atoms with Gasteiger partial charge in [-0.3, -0.25) is 4.57 Å². The van der Waals surface area contributed by atoms with Crippen molar-refractivity contribution in [3.05, 3.63) is 146 Å². The molecule has 0 N–H and O–H groups in total. The summed E-state index contributed by atoms with van der Waals surface area (Å²) in [4.78, 5) is 11.2. The summed E-state index contributed by atoms with van der Waals surface area (Å²) < 4.78 is 9.81. The number of rotatable bonds is 2. The maximum absolute atomic E-state index is 5.68. The van der Waals surface area contributed by atoms with Gasteiger partial charge in [-0.05, 0) is 70.1 Å². The Morgan fingerprint density at radius 2 is 1.13 bits per heavy atom. The fraction of sp³-hybridized carbons (Fsp3) is 0. The topological polar surface area (TPSA) is 35.1 Å². The molecule has 8 aromatic carbocycles. The fourth-order valence-corrected chi connectivity index (χ4v) is 12.0. The Kier molecular flexibility index (Phi) is 5.01. The van der Waals surface area contributed by atoms with Crippen LogP contribution in [0.2, 0.25) is 0 Å². The Labute approximate surface area is 314 Å². The Bertz CT molecular complexity index is 3910. The molecule has 0 radical (unpaired) electrons. The smallest absolute Gasteiger partial charge is 0.235 e. The van der Waals surface area contributed by atoms with Gasteiger partial charge in [-0.1, -0.05) is 97.1 Å². The van der Waals surface area contributed by atoms with Crippen molar-refractivity contribution < 1.29 is 0 Å². The van der Waals surface area contributed by atoms with Crippen molar-refractivity contribution in [3.63, 3.8) is 0 Å². The average Bonchev–Trinajstić information content (AvgIpc) is 3.95. The van der Waals surface area contributed by atoms with Crippen LogP contribution in [0.5, 0.6) is 0 Å². The van der Waals surface area contributed by atoms with E-state index in [1.165, 1.54) is 84.5 Å². The van der Waals surface area contributed by atoms with E-state index in [-0.39, 0.29) is 0 Å². The van der Waals surface area contributed by atoms with Gasteiger partial charge in [0.05, 0.1) is 43.5 Å². The maximum atomic E-state index is 5.68. The minimum absolute atomic E-state index is 0.692. The molecule has 0 unspecified atom stereocenters.